The first-order valence-corrected chi connectivity index (χ1v) is 10.3. The molecule has 7 heteroatoms. The molecule has 0 aliphatic rings. The Hall–Kier alpha value is -3.32. The molecule has 3 rings (SSSR count). The number of aromatic hydroxyl groups is 1. The third-order valence-electron chi connectivity index (χ3n) is 4.62. The maximum Gasteiger partial charge on any atom is 0.255 e. The number of rotatable bonds is 5. The van der Waals surface area contributed by atoms with E-state index < -0.39 is 9.84 Å². The lowest BCUT2D eigenvalue weighted by Crippen LogP contribution is -2.15. The second-order valence-corrected chi connectivity index (χ2v) is 8.43. The molecular formula is C22H21NO5S. The minimum absolute atomic E-state index is 0.0163. The molecule has 3 aromatic carbocycles. The summed E-state index contributed by atoms with van der Waals surface area (Å²) in [5.41, 5.74) is 1.36. The molecule has 3 aromatic rings. The average molecular weight is 411 g/mol. The first kappa shape index (κ1) is 20.4. The molecule has 0 aliphatic carbocycles. The molecule has 150 valence electrons. The van der Waals surface area contributed by atoms with E-state index in [1.165, 1.54) is 31.4 Å². The Morgan fingerprint density at radius 3 is 2.21 bits per heavy atom. The molecule has 0 unspecified atom stereocenters. The second kappa shape index (κ2) is 7.97. The van der Waals surface area contributed by atoms with E-state index in [9.17, 15) is 18.3 Å². The number of ether oxygens (including phenoxy) is 1. The molecule has 0 aromatic heterocycles. The molecular weight excluding hydrogens is 390 g/mol. The summed E-state index contributed by atoms with van der Waals surface area (Å²) in [5, 5.41) is 13.3. The number of hydrogen-bond donors (Lipinski definition) is 2. The number of aryl methyl sites for hydroxylation is 1. The van der Waals surface area contributed by atoms with Crippen molar-refractivity contribution < 1.29 is 23.1 Å². The van der Waals surface area contributed by atoms with Gasteiger partial charge >= 0.3 is 0 Å². The smallest absolute Gasteiger partial charge is 0.255 e. The lowest BCUT2D eigenvalue weighted by Gasteiger charge is -2.17. The van der Waals surface area contributed by atoms with E-state index in [4.69, 9.17) is 4.74 Å². The van der Waals surface area contributed by atoms with Crippen molar-refractivity contribution in [3.05, 3.63) is 77.4 Å². The number of carbonyl (C=O) groups is 1. The molecule has 0 aliphatic heterocycles. The molecule has 0 heterocycles. The summed E-state index contributed by atoms with van der Waals surface area (Å²) in [6.07, 6.45) is 0. The first-order valence-electron chi connectivity index (χ1n) is 8.84. The lowest BCUT2D eigenvalue weighted by atomic mass is 10.1. The maximum atomic E-state index is 13.2. The van der Waals surface area contributed by atoms with Crippen LogP contribution in [0.5, 0.6) is 11.5 Å². The van der Waals surface area contributed by atoms with Crippen molar-refractivity contribution in [3.8, 4) is 11.5 Å². The van der Waals surface area contributed by atoms with Gasteiger partial charge in [-0.25, -0.2) is 8.42 Å². The molecule has 0 bridgehead atoms. The number of anilines is 1. The highest BCUT2D eigenvalue weighted by atomic mass is 32.2. The second-order valence-electron chi connectivity index (χ2n) is 6.54. The zero-order chi connectivity index (χ0) is 21.2. The molecule has 29 heavy (non-hydrogen) atoms. The van der Waals surface area contributed by atoms with Crippen LogP contribution in [0.2, 0.25) is 0 Å². The van der Waals surface area contributed by atoms with Crippen molar-refractivity contribution in [1.82, 2.24) is 0 Å². The molecule has 1 amide bonds. The Morgan fingerprint density at radius 2 is 1.62 bits per heavy atom. The first-order chi connectivity index (χ1) is 13.8. The van der Waals surface area contributed by atoms with Gasteiger partial charge in [0.15, 0.2) is 0 Å². The van der Waals surface area contributed by atoms with Crippen molar-refractivity contribution in [1.29, 1.82) is 0 Å². The molecule has 0 radical (unpaired) electrons. The van der Waals surface area contributed by atoms with Crippen LogP contribution in [-0.2, 0) is 9.84 Å². The highest BCUT2D eigenvalue weighted by Gasteiger charge is 2.27. The van der Waals surface area contributed by atoms with Crippen LogP contribution >= 0.6 is 0 Å². The number of phenolic OH excluding ortho intramolecular Hbond substituents is 1. The van der Waals surface area contributed by atoms with Gasteiger partial charge in [0, 0.05) is 11.3 Å². The fraction of sp³-hybridized carbons (Fsp3) is 0.136. The SMILES string of the molecule is COc1ccc(S(=O)(=O)c2c(C)c(NC(=O)c3ccccc3)cc(C)c2O)cc1. The summed E-state index contributed by atoms with van der Waals surface area (Å²) < 4.78 is 31.5. The Morgan fingerprint density at radius 1 is 1.00 bits per heavy atom. The van der Waals surface area contributed by atoms with Crippen molar-refractivity contribution in [2.45, 2.75) is 23.6 Å². The van der Waals surface area contributed by atoms with E-state index in [2.05, 4.69) is 5.32 Å². The minimum Gasteiger partial charge on any atom is -0.506 e. The normalized spacial score (nSPS) is 11.1. The monoisotopic (exact) mass is 411 g/mol. The summed E-state index contributed by atoms with van der Waals surface area (Å²) >= 11 is 0. The molecule has 0 fully saturated rings. The fourth-order valence-electron chi connectivity index (χ4n) is 2.99. The summed E-state index contributed by atoms with van der Waals surface area (Å²) in [5.74, 6) is -0.187. The third kappa shape index (κ3) is 3.95. The van der Waals surface area contributed by atoms with Crippen LogP contribution in [0.15, 0.2) is 70.5 Å². The largest absolute Gasteiger partial charge is 0.506 e. The lowest BCUT2D eigenvalue weighted by molar-refractivity contribution is 0.102. The standard InChI is InChI=1S/C22H21NO5S/c1-14-13-19(23-22(25)16-7-5-4-6-8-16)15(2)21(20(14)24)29(26,27)18-11-9-17(28-3)10-12-18/h4-13,24H,1-3H3,(H,23,25). The zero-order valence-corrected chi connectivity index (χ0v) is 17.1. The topological polar surface area (TPSA) is 92.7 Å². The number of amides is 1. The van der Waals surface area contributed by atoms with Gasteiger partial charge in [-0.2, -0.15) is 0 Å². The van der Waals surface area contributed by atoms with Gasteiger partial charge in [0.1, 0.15) is 16.4 Å². The Bertz CT molecular complexity index is 1150. The van der Waals surface area contributed by atoms with Gasteiger partial charge in [0.2, 0.25) is 9.84 Å². The highest BCUT2D eigenvalue weighted by molar-refractivity contribution is 7.91. The molecule has 0 atom stereocenters. The quantitative estimate of drug-likeness (QED) is 0.617. The van der Waals surface area contributed by atoms with E-state index in [1.54, 1.807) is 50.2 Å². The van der Waals surface area contributed by atoms with Crippen LogP contribution in [0.1, 0.15) is 21.5 Å². The summed E-state index contributed by atoms with van der Waals surface area (Å²) in [4.78, 5) is 12.3. The van der Waals surface area contributed by atoms with E-state index >= 15 is 0 Å². The van der Waals surface area contributed by atoms with Gasteiger partial charge in [-0.3, -0.25) is 4.79 Å². The molecule has 6 nitrogen and oxygen atoms in total. The predicted molar refractivity (Wildman–Crippen MR) is 110 cm³/mol. The molecule has 0 spiro atoms. The summed E-state index contributed by atoms with van der Waals surface area (Å²) in [6, 6.07) is 16.0. The fourth-order valence-corrected chi connectivity index (χ4v) is 4.65. The van der Waals surface area contributed by atoms with E-state index in [0.717, 1.165) is 0 Å². The van der Waals surface area contributed by atoms with Crippen LogP contribution in [0, 0.1) is 13.8 Å². The van der Waals surface area contributed by atoms with Crippen LogP contribution in [-0.4, -0.2) is 26.5 Å². The van der Waals surface area contributed by atoms with Gasteiger partial charge in [-0.1, -0.05) is 18.2 Å². The van der Waals surface area contributed by atoms with Crippen LogP contribution in [0.4, 0.5) is 5.69 Å². The van der Waals surface area contributed by atoms with Crippen molar-refractivity contribution >= 4 is 21.4 Å². The summed E-state index contributed by atoms with van der Waals surface area (Å²) in [6.45, 7) is 3.14. The van der Waals surface area contributed by atoms with E-state index in [0.29, 0.717) is 22.6 Å². The summed E-state index contributed by atoms with van der Waals surface area (Å²) in [7, 11) is -2.54. The number of benzene rings is 3. The Kier molecular flexibility index (Phi) is 5.61. The van der Waals surface area contributed by atoms with E-state index in [1.807, 2.05) is 0 Å². The number of nitrogens with one attached hydrogen (secondary N) is 1. The van der Waals surface area contributed by atoms with Crippen molar-refractivity contribution in [2.24, 2.45) is 0 Å². The third-order valence-corrected chi connectivity index (χ3v) is 6.55. The maximum absolute atomic E-state index is 13.2. The number of methoxy groups -OCH3 is 1. The molecule has 0 saturated carbocycles. The minimum atomic E-state index is -4.03. The Labute approximate surface area is 169 Å². The average Bonchev–Trinajstić information content (AvgIpc) is 2.72. The van der Waals surface area contributed by atoms with Crippen LogP contribution in [0.25, 0.3) is 0 Å². The van der Waals surface area contributed by atoms with Gasteiger partial charge in [-0.15, -0.1) is 0 Å². The Balaban J connectivity index is 2.08. The number of phenols is 1. The van der Waals surface area contributed by atoms with Crippen LogP contribution < -0.4 is 10.1 Å². The van der Waals surface area contributed by atoms with Crippen molar-refractivity contribution in [2.75, 3.05) is 12.4 Å². The number of hydrogen-bond acceptors (Lipinski definition) is 5. The van der Waals surface area contributed by atoms with Crippen LogP contribution in [0.3, 0.4) is 0 Å². The highest BCUT2D eigenvalue weighted by Crippen LogP contribution is 2.38. The zero-order valence-electron chi connectivity index (χ0n) is 16.3. The van der Waals surface area contributed by atoms with Gasteiger partial charge in [-0.05, 0) is 67.4 Å². The molecule has 0 saturated heterocycles. The van der Waals surface area contributed by atoms with Gasteiger partial charge in [0.05, 0.1) is 12.0 Å². The van der Waals surface area contributed by atoms with Gasteiger partial charge < -0.3 is 15.2 Å². The number of sulfone groups is 1. The number of carbonyl (C=O) groups excluding carboxylic acids is 1. The molecule has 2 N–H and O–H groups in total. The van der Waals surface area contributed by atoms with Crippen molar-refractivity contribution in [3.63, 3.8) is 0 Å². The predicted octanol–water partition coefficient (Wildman–Crippen LogP) is 4.10. The van der Waals surface area contributed by atoms with E-state index in [-0.39, 0.29) is 27.0 Å². The van der Waals surface area contributed by atoms with Gasteiger partial charge in [0.25, 0.3) is 5.91 Å².